The van der Waals surface area contributed by atoms with Gasteiger partial charge in [-0.05, 0) is 70.5 Å². The summed E-state index contributed by atoms with van der Waals surface area (Å²) >= 11 is 0. The maximum atomic E-state index is 6.37. The van der Waals surface area contributed by atoms with Crippen molar-refractivity contribution >= 4 is 21.9 Å². The summed E-state index contributed by atoms with van der Waals surface area (Å²) < 4.78 is 6.37. The molecule has 0 fully saturated rings. The molecule has 1 aliphatic carbocycles. The number of hydrogen-bond donors (Lipinski definition) is 0. The first-order valence-electron chi connectivity index (χ1n) is 16.2. The van der Waals surface area contributed by atoms with Crippen molar-refractivity contribution in [2.45, 2.75) is 58.3 Å². The minimum Gasteiger partial charge on any atom is -0.455 e. The molecule has 0 bridgehead atoms. The summed E-state index contributed by atoms with van der Waals surface area (Å²) in [5.74, 6) is 1.86. The van der Waals surface area contributed by atoms with Gasteiger partial charge in [-0.2, -0.15) is 0 Å². The third-order valence-electron chi connectivity index (χ3n) is 9.96. The van der Waals surface area contributed by atoms with Crippen LogP contribution in [0, 0.1) is 6.92 Å². The average Bonchev–Trinajstić information content (AvgIpc) is 3.46. The van der Waals surface area contributed by atoms with Gasteiger partial charge in [-0.25, -0.2) is 15.0 Å². The van der Waals surface area contributed by atoms with Gasteiger partial charge in [-0.3, -0.25) is 0 Å². The summed E-state index contributed by atoms with van der Waals surface area (Å²) in [5.41, 5.74) is 11.5. The first-order chi connectivity index (χ1) is 22.2. The van der Waals surface area contributed by atoms with E-state index in [0.717, 1.165) is 38.6 Å². The van der Waals surface area contributed by atoms with Gasteiger partial charge in [-0.1, -0.05) is 125 Å². The van der Waals surface area contributed by atoms with Crippen molar-refractivity contribution in [2.24, 2.45) is 0 Å². The summed E-state index contributed by atoms with van der Waals surface area (Å²) in [6, 6.07) is 38.0. The highest BCUT2D eigenvalue weighted by Gasteiger charge is 2.37. The lowest BCUT2D eigenvalue weighted by Gasteiger charge is -2.42. The molecule has 4 nitrogen and oxygen atoms in total. The summed E-state index contributed by atoms with van der Waals surface area (Å²) in [6.07, 6.45) is 2.41. The minimum absolute atomic E-state index is 0.158. The molecule has 1 aliphatic rings. The van der Waals surface area contributed by atoms with E-state index in [4.69, 9.17) is 19.4 Å². The highest BCUT2D eigenvalue weighted by Crippen LogP contribution is 2.47. The molecule has 0 saturated heterocycles. The molecular formula is C42H37N3O. The molecular weight excluding hydrogens is 562 g/mol. The zero-order valence-corrected chi connectivity index (χ0v) is 27.1. The number of hydrogen-bond acceptors (Lipinski definition) is 4. The Morgan fingerprint density at radius 1 is 0.522 bits per heavy atom. The van der Waals surface area contributed by atoms with Crippen molar-refractivity contribution in [3.63, 3.8) is 0 Å². The number of benzene rings is 5. The molecule has 0 unspecified atom stereocenters. The van der Waals surface area contributed by atoms with Crippen LogP contribution < -0.4 is 0 Å². The predicted octanol–water partition coefficient (Wildman–Crippen LogP) is 11.1. The fraction of sp³-hybridized carbons (Fsp3) is 0.214. The summed E-state index contributed by atoms with van der Waals surface area (Å²) in [5, 5.41) is 2.13. The molecule has 46 heavy (non-hydrogen) atoms. The Labute approximate surface area is 270 Å². The van der Waals surface area contributed by atoms with Gasteiger partial charge in [-0.15, -0.1) is 0 Å². The number of fused-ring (bicyclic) bond motifs is 4. The molecule has 4 heteroatoms. The van der Waals surface area contributed by atoms with Gasteiger partial charge in [0.05, 0.1) is 5.56 Å². The lowest BCUT2D eigenvalue weighted by atomic mass is 9.62. The normalized spacial score (nSPS) is 15.2. The molecule has 0 radical (unpaired) electrons. The number of rotatable bonds is 4. The molecule has 5 aromatic carbocycles. The van der Waals surface area contributed by atoms with Crippen LogP contribution in [-0.4, -0.2) is 15.0 Å². The number of aryl methyl sites for hydroxylation is 1. The predicted molar refractivity (Wildman–Crippen MR) is 189 cm³/mol. The summed E-state index contributed by atoms with van der Waals surface area (Å²) in [6.45, 7) is 11.8. The molecule has 0 N–H and O–H groups in total. The van der Waals surface area contributed by atoms with Gasteiger partial charge < -0.3 is 4.42 Å². The van der Waals surface area contributed by atoms with Crippen LogP contribution in [0.3, 0.4) is 0 Å². The monoisotopic (exact) mass is 599 g/mol. The van der Waals surface area contributed by atoms with Gasteiger partial charge >= 0.3 is 0 Å². The van der Waals surface area contributed by atoms with Crippen LogP contribution in [0.15, 0.2) is 114 Å². The summed E-state index contributed by atoms with van der Waals surface area (Å²) in [7, 11) is 0. The smallest absolute Gasteiger partial charge is 0.167 e. The van der Waals surface area contributed by atoms with Gasteiger partial charge in [0.2, 0.25) is 0 Å². The minimum atomic E-state index is 0.158. The Morgan fingerprint density at radius 3 is 1.80 bits per heavy atom. The van der Waals surface area contributed by atoms with Gasteiger partial charge in [0, 0.05) is 21.9 Å². The first kappa shape index (κ1) is 28.4. The van der Waals surface area contributed by atoms with Crippen molar-refractivity contribution < 1.29 is 4.42 Å². The zero-order valence-electron chi connectivity index (χ0n) is 27.1. The number of furan rings is 1. The van der Waals surface area contributed by atoms with E-state index in [1.807, 2.05) is 60.7 Å². The zero-order chi connectivity index (χ0) is 31.6. The highest BCUT2D eigenvalue weighted by molar-refractivity contribution is 6.09. The second-order valence-electron chi connectivity index (χ2n) is 14.0. The molecule has 8 rings (SSSR count). The van der Waals surface area contributed by atoms with Gasteiger partial charge in [0.15, 0.2) is 17.5 Å². The number of para-hydroxylation sites is 2. The Hall–Kier alpha value is -5.09. The SMILES string of the molecule is Cc1cc2c(cc1-c1ccc(-c3nc(-c4ccccc4)nc(-c4cccc5c4oc4ccccc45)n3)cc1)C(C)(C)CCC2(C)C. The fourth-order valence-electron chi connectivity index (χ4n) is 7.10. The fourth-order valence-corrected chi connectivity index (χ4v) is 7.10. The van der Waals surface area contributed by atoms with Crippen molar-refractivity contribution in [1.29, 1.82) is 0 Å². The third kappa shape index (κ3) is 4.71. The second kappa shape index (κ2) is 10.5. The van der Waals surface area contributed by atoms with Crippen LogP contribution in [0.2, 0.25) is 0 Å². The topological polar surface area (TPSA) is 51.8 Å². The molecule has 2 aromatic heterocycles. The number of aromatic nitrogens is 3. The van der Waals surface area contributed by atoms with E-state index in [2.05, 4.69) is 83.1 Å². The second-order valence-corrected chi connectivity index (χ2v) is 14.0. The molecule has 226 valence electrons. The van der Waals surface area contributed by atoms with Crippen molar-refractivity contribution in [3.8, 4) is 45.3 Å². The average molecular weight is 600 g/mol. The van der Waals surface area contributed by atoms with Crippen LogP contribution in [0.1, 0.15) is 57.2 Å². The highest BCUT2D eigenvalue weighted by atomic mass is 16.3. The van der Waals surface area contributed by atoms with Gasteiger partial charge in [0.1, 0.15) is 11.2 Å². The Kier molecular flexibility index (Phi) is 6.47. The Bertz CT molecular complexity index is 2260. The van der Waals surface area contributed by atoms with E-state index in [-0.39, 0.29) is 10.8 Å². The molecule has 7 aromatic rings. The molecule has 2 heterocycles. The van der Waals surface area contributed by atoms with Crippen LogP contribution in [0.4, 0.5) is 0 Å². The first-order valence-corrected chi connectivity index (χ1v) is 16.2. The van der Waals surface area contributed by atoms with Crippen LogP contribution in [-0.2, 0) is 10.8 Å². The maximum Gasteiger partial charge on any atom is 0.167 e. The van der Waals surface area contributed by atoms with Gasteiger partial charge in [0.25, 0.3) is 0 Å². The third-order valence-corrected chi connectivity index (χ3v) is 9.96. The molecule has 0 saturated carbocycles. The van der Waals surface area contributed by atoms with Crippen molar-refractivity contribution in [3.05, 3.63) is 126 Å². The Morgan fingerprint density at radius 2 is 1.09 bits per heavy atom. The van der Waals surface area contributed by atoms with E-state index >= 15 is 0 Å². The largest absolute Gasteiger partial charge is 0.455 e. The van der Waals surface area contributed by atoms with E-state index in [1.54, 1.807) is 0 Å². The van der Waals surface area contributed by atoms with E-state index in [1.165, 1.54) is 40.7 Å². The van der Waals surface area contributed by atoms with Crippen LogP contribution >= 0.6 is 0 Å². The Balaban J connectivity index is 1.25. The standard InChI is InChI=1S/C42H37N3O/c1-26-24-34-35(42(4,5)23-22-41(34,2)3)25-33(26)27-18-20-29(21-19-27)39-43-38(28-12-7-6-8-13-28)44-40(45-39)32-16-11-15-31-30-14-9-10-17-36(30)46-37(31)32/h6-21,24-25H,22-23H2,1-5H3. The van der Waals surface area contributed by atoms with Crippen molar-refractivity contribution in [1.82, 2.24) is 15.0 Å². The van der Waals surface area contributed by atoms with Crippen LogP contribution in [0.5, 0.6) is 0 Å². The lowest BCUT2D eigenvalue weighted by Crippen LogP contribution is -2.34. The quantitative estimate of drug-likeness (QED) is 0.202. The summed E-state index contributed by atoms with van der Waals surface area (Å²) in [4.78, 5) is 15.0. The molecule has 0 atom stereocenters. The molecule has 0 spiro atoms. The van der Waals surface area contributed by atoms with E-state index in [9.17, 15) is 0 Å². The van der Waals surface area contributed by atoms with E-state index < -0.39 is 0 Å². The molecule has 0 aliphatic heterocycles. The van der Waals surface area contributed by atoms with E-state index in [0.29, 0.717) is 17.5 Å². The maximum absolute atomic E-state index is 6.37. The van der Waals surface area contributed by atoms with Crippen molar-refractivity contribution in [2.75, 3.05) is 0 Å². The lowest BCUT2D eigenvalue weighted by molar-refractivity contribution is 0.332. The number of nitrogens with zero attached hydrogens (tertiary/aromatic N) is 3. The van der Waals surface area contributed by atoms with Crippen LogP contribution in [0.25, 0.3) is 67.2 Å². The molecule has 0 amide bonds.